The molecule has 0 aliphatic carbocycles. The highest BCUT2D eigenvalue weighted by Gasteiger charge is 2.41. The van der Waals surface area contributed by atoms with Crippen LogP contribution in [0.1, 0.15) is 17.5 Å². The van der Waals surface area contributed by atoms with E-state index in [1.54, 1.807) is 0 Å². The molecule has 0 amide bonds. The maximum atomic E-state index is 12.5. The van der Waals surface area contributed by atoms with Gasteiger partial charge in [0.05, 0.1) is 16.8 Å². The van der Waals surface area contributed by atoms with Crippen molar-refractivity contribution in [2.45, 2.75) is 24.6 Å². The third-order valence-electron chi connectivity index (χ3n) is 4.07. The Balaban J connectivity index is 1.84. The summed E-state index contributed by atoms with van der Waals surface area (Å²) < 4.78 is 49.5. The molecule has 1 atom stereocenters. The summed E-state index contributed by atoms with van der Waals surface area (Å²) >= 11 is 0. The maximum Gasteiger partial charge on any atom is 0.218 e. The van der Waals surface area contributed by atoms with E-state index in [0.29, 0.717) is 19.5 Å². The zero-order chi connectivity index (χ0) is 14.4. The van der Waals surface area contributed by atoms with Gasteiger partial charge < -0.3 is 0 Å². The van der Waals surface area contributed by atoms with Crippen molar-refractivity contribution in [3.05, 3.63) is 35.4 Å². The standard InChI is InChI=1S/C13H17NO4S2/c15-19(16)8-6-13(10-19)20(17,18)14-7-5-11-3-1-2-4-12(11)9-14/h1-4,13H,5-10H2/t13-/m0/s1. The lowest BCUT2D eigenvalue weighted by Crippen LogP contribution is -2.42. The monoisotopic (exact) mass is 315 g/mol. The van der Waals surface area contributed by atoms with Gasteiger partial charge in [-0.05, 0) is 24.0 Å². The lowest BCUT2D eigenvalue weighted by Gasteiger charge is -2.30. The number of hydrogen-bond acceptors (Lipinski definition) is 4. The van der Waals surface area contributed by atoms with Crippen LogP contribution in [0.15, 0.2) is 24.3 Å². The first kappa shape index (κ1) is 14.0. The summed E-state index contributed by atoms with van der Waals surface area (Å²) in [4.78, 5) is 0. The molecule has 2 aliphatic rings. The molecule has 2 heterocycles. The van der Waals surface area contributed by atoms with E-state index >= 15 is 0 Å². The van der Waals surface area contributed by atoms with Crippen molar-refractivity contribution in [1.82, 2.24) is 4.31 Å². The molecule has 1 aromatic carbocycles. The zero-order valence-corrected chi connectivity index (χ0v) is 12.7. The number of benzene rings is 1. The average molecular weight is 315 g/mol. The summed E-state index contributed by atoms with van der Waals surface area (Å²) in [6.45, 7) is 0.797. The van der Waals surface area contributed by atoms with Crippen molar-refractivity contribution in [2.24, 2.45) is 0 Å². The molecule has 2 aliphatic heterocycles. The van der Waals surface area contributed by atoms with Crippen LogP contribution in [-0.4, -0.2) is 44.4 Å². The molecule has 0 radical (unpaired) electrons. The van der Waals surface area contributed by atoms with Crippen LogP contribution in [0, 0.1) is 0 Å². The van der Waals surface area contributed by atoms with Crippen LogP contribution in [0.2, 0.25) is 0 Å². The molecule has 3 rings (SSSR count). The van der Waals surface area contributed by atoms with Crippen molar-refractivity contribution in [2.75, 3.05) is 18.1 Å². The summed E-state index contributed by atoms with van der Waals surface area (Å²) in [5, 5.41) is -0.766. The van der Waals surface area contributed by atoms with Crippen LogP contribution in [0.3, 0.4) is 0 Å². The molecule has 7 heteroatoms. The number of hydrogen-bond donors (Lipinski definition) is 0. The fourth-order valence-corrected chi connectivity index (χ4v) is 7.40. The van der Waals surface area contributed by atoms with E-state index in [1.165, 1.54) is 9.87 Å². The average Bonchev–Trinajstić information content (AvgIpc) is 2.79. The summed E-state index contributed by atoms with van der Waals surface area (Å²) in [5.41, 5.74) is 2.20. The zero-order valence-electron chi connectivity index (χ0n) is 11.0. The number of sulfonamides is 1. The van der Waals surface area contributed by atoms with Gasteiger partial charge in [0.25, 0.3) is 0 Å². The molecule has 20 heavy (non-hydrogen) atoms. The van der Waals surface area contributed by atoms with Crippen LogP contribution in [0.5, 0.6) is 0 Å². The third kappa shape index (κ3) is 2.49. The topological polar surface area (TPSA) is 71.5 Å². The SMILES string of the molecule is O=S1(=O)CC[C@H](S(=O)(=O)N2CCc3ccccc3C2)C1. The Morgan fingerprint density at radius 3 is 2.50 bits per heavy atom. The van der Waals surface area contributed by atoms with E-state index in [1.807, 2.05) is 24.3 Å². The molecule has 0 saturated carbocycles. The van der Waals surface area contributed by atoms with Crippen LogP contribution < -0.4 is 0 Å². The Bertz CT molecular complexity index is 724. The van der Waals surface area contributed by atoms with Crippen LogP contribution in [0.25, 0.3) is 0 Å². The van der Waals surface area contributed by atoms with Crippen molar-refractivity contribution in [1.29, 1.82) is 0 Å². The molecular formula is C13H17NO4S2. The second kappa shape index (κ2) is 4.82. The van der Waals surface area contributed by atoms with Gasteiger partial charge >= 0.3 is 0 Å². The summed E-state index contributed by atoms with van der Waals surface area (Å²) in [7, 11) is -6.70. The summed E-state index contributed by atoms with van der Waals surface area (Å²) in [6.07, 6.45) is 0.914. The van der Waals surface area contributed by atoms with Crippen LogP contribution in [-0.2, 0) is 32.8 Å². The number of sulfone groups is 1. The molecule has 1 aromatic rings. The van der Waals surface area contributed by atoms with E-state index in [9.17, 15) is 16.8 Å². The Morgan fingerprint density at radius 2 is 1.85 bits per heavy atom. The predicted octanol–water partition coefficient (Wildman–Crippen LogP) is 0.562. The highest BCUT2D eigenvalue weighted by atomic mass is 32.2. The molecular weight excluding hydrogens is 298 g/mol. The highest BCUT2D eigenvalue weighted by molar-refractivity contribution is 7.95. The first-order valence-electron chi connectivity index (χ1n) is 6.65. The minimum Gasteiger partial charge on any atom is -0.229 e. The van der Waals surface area contributed by atoms with Gasteiger partial charge in [0, 0.05) is 13.1 Å². The van der Waals surface area contributed by atoms with Gasteiger partial charge in [-0.25, -0.2) is 16.8 Å². The van der Waals surface area contributed by atoms with E-state index in [-0.39, 0.29) is 17.9 Å². The predicted molar refractivity (Wildman–Crippen MR) is 76.5 cm³/mol. The number of fused-ring (bicyclic) bond motifs is 1. The summed E-state index contributed by atoms with van der Waals surface area (Å²) in [6, 6.07) is 7.79. The molecule has 5 nitrogen and oxygen atoms in total. The Kier molecular flexibility index (Phi) is 3.38. The minimum atomic E-state index is -3.52. The van der Waals surface area contributed by atoms with E-state index in [2.05, 4.69) is 0 Å². The number of nitrogens with zero attached hydrogens (tertiary/aromatic N) is 1. The summed E-state index contributed by atoms with van der Waals surface area (Å²) in [5.74, 6) is -0.241. The van der Waals surface area contributed by atoms with Gasteiger partial charge in [0.1, 0.15) is 0 Å². The van der Waals surface area contributed by atoms with Crippen molar-refractivity contribution < 1.29 is 16.8 Å². The first-order chi connectivity index (χ1) is 9.38. The first-order valence-corrected chi connectivity index (χ1v) is 9.97. The van der Waals surface area contributed by atoms with Crippen LogP contribution in [0.4, 0.5) is 0 Å². The van der Waals surface area contributed by atoms with Gasteiger partial charge in [-0.3, -0.25) is 0 Å². The molecule has 0 unspecified atom stereocenters. The quantitative estimate of drug-likeness (QED) is 0.799. The molecule has 110 valence electrons. The largest absolute Gasteiger partial charge is 0.229 e. The van der Waals surface area contributed by atoms with Crippen molar-refractivity contribution in [3.8, 4) is 0 Å². The molecule has 1 fully saturated rings. The van der Waals surface area contributed by atoms with Crippen LogP contribution >= 0.6 is 0 Å². The Hall–Kier alpha value is -0.920. The lowest BCUT2D eigenvalue weighted by molar-refractivity contribution is 0.386. The second-order valence-electron chi connectivity index (χ2n) is 5.42. The molecule has 1 saturated heterocycles. The second-order valence-corrected chi connectivity index (χ2v) is 9.86. The van der Waals surface area contributed by atoms with E-state index in [0.717, 1.165) is 5.56 Å². The van der Waals surface area contributed by atoms with E-state index < -0.39 is 25.1 Å². The third-order valence-corrected chi connectivity index (χ3v) is 8.32. The Labute approximate surface area is 119 Å². The van der Waals surface area contributed by atoms with Gasteiger partial charge in [0.15, 0.2) is 9.84 Å². The molecule has 0 aromatic heterocycles. The van der Waals surface area contributed by atoms with Gasteiger partial charge in [-0.1, -0.05) is 24.3 Å². The highest BCUT2D eigenvalue weighted by Crippen LogP contribution is 2.27. The normalized spacial score (nSPS) is 26.3. The molecule has 0 spiro atoms. The minimum absolute atomic E-state index is 0.0126. The van der Waals surface area contributed by atoms with Gasteiger partial charge in [-0.2, -0.15) is 4.31 Å². The smallest absolute Gasteiger partial charge is 0.218 e. The van der Waals surface area contributed by atoms with Gasteiger partial charge in [-0.15, -0.1) is 0 Å². The van der Waals surface area contributed by atoms with Crippen molar-refractivity contribution >= 4 is 19.9 Å². The number of rotatable bonds is 2. The van der Waals surface area contributed by atoms with Crippen molar-refractivity contribution in [3.63, 3.8) is 0 Å². The fraction of sp³-hybridized carbons (Fsp3) is 0.538. The molecule has 0 bridgehead atoms. The fourth-order valence-electron chi connectivity index (χ4n) is 2.89. The van der Waals surface area contributed by atoms with E-state index in [4.69, 9.17) is 0 Å². The molecule has 0 N–H and O–H groups in total. The van der Waals surface area contributed by atoms with Gasteiger partial charge in [0.2, 0.25) is 10.0 Å². The Morgan fingerprint density at radius 1 is 1.15 bits per heavy atom. The lowest BCUT2D eigenvalue weighted by atomic mass is 10.0. The maximum absolute atomic E-state index is 12.5.